The molecule has 3 fully saturated rings. The van der Waals surface area contributed by atoms with Crippen molar-refractivity contribution < 1.29 is 4.79 Å². The SMILES string of the molecule is CC1C(NC(=O)c2cc(C#N)c(-c3ccccc3)s2)C2CCN1CC2. The zero-order chi connectivity index (χ0) is 17.4. The van der Waals surface area contributed by atoms with Crippen molar-refractivity contribution in [1.82, 2.24) is 10.2 Å². The Balaban J connectivity index is 1.57. The van der Waals surface area contributed by atoms with Crippen molar-refractivity contribution in [2.24, 2.45) is 5.92 Å². The molecule has 1 N–H and O–H groups in total. The average molecular weight is 351 g/mol. The molecule has 0 saturated carbocycles. The molecule has 0 aliphatic carbocycles. The van der Waals surface area contributed by atoms with E-state index < -0.39 is 0 Å². The number of nitrogens with zero attached hydrogens (tertiary/aromatic N) is 2. The Morgan fingerprint density at radius 3 is 2.64 bits per heavy atom. The van der Waals surface area contributed by atoms with Gasteiger partial charge in [0.1, 0.15) is 6.07 Å². The van der Waals surface area contributed by atoms with Crippen molar-refractivity contribution in [3.8, 4) is 16.5 Å². The van der Waals surface area contributed by atoms with Gasteiger partial charge in [0.2, 0.25) is 0 Å². The third kappa shape index (κ3) is 2.97. The van der Waals surface area contributed by atoms with Crippen LogP contribution in [-0.2, 0) is 0 Å². The Labute approximate surface area is 152 Å². The van der Waals surface area contributed by atoms with Crippen LogP contribution in [0.4, 0.5) is 0 Å². The molecular weight excluding hydrogens is 330 g/mol. The highest BCUT2D eigenvalue weighted by Gasteiger charge is 2.40. The second kappa shape index (κ2) is 6.62. The fraction of sp³-hybridized carbons (Fsp3) is 0.400. The molecule has 25 heavy (non-hydrogen) atoms. The van der Waals surface area contributed by atoms with Crippen LogP contribution in [0, 0.1) is 17.2 Å². The Kier molecular flexibility index (Phi) is 4.32. The van der Waals surface area contributed by atoms with Crippen molar-refractivity contribution in [1.29, 1.82) is 5.26 Å². The number of rotatable bonds is 3. The summed E-state index contributed by atoms with van der Waals surface area (Å²) in [6, 6.07) is 14.4. The van der Waals surface area contributed by atoms with Gasteiger partial charge in [-0.1, -0.05) is 30.3 Å². The topological polar surface area (TPSA) is 56.1 Å². The minimum atomic E-state index is -0.0470. The van der Waals surface area contributed by atoms with Crippen LogP contribution in [0.15, 0.2) is 36.4 Å². The van der Waals surface area contributed by atoms with E-state index in [2.05, 4.69) is 23.2 Å². The van der Waals surface area contributed by atoms with Gasteiger partial charge >= 0.3 is 0 Å². The molecule has 3 aliphatic heterocycles. The second-order valence-corrected chi connectivity index (χ2v) is 8.00. The predicted molar refractivity (Wildman–Crippen MR) is 99.5 cm³/mol. The first-order valence-corrected chi connectivity index (χ1v) is 9.63. The minimum Gasteiger partial charge on any atom is -0.347 e. The zero-order valence-corrected chi connectivity index (χ0v) is 15.1. The quantitative estimate of drug-likeness (QED) is 0.921. The van der Waals surface area contributed by atoms with Gasteiger partial charge in [-0.2, -0.15) is 5.26 Å². The zero-order valence-electron chi connectivity index (χ0n) is 14.2. The Bertz CT molecular complexity index is 813. The van der Waals surface area contributed by atoms with Crippen LogP contribution in [0.2, 0.25) is 0 Å². The largest absolute Gasteiger partial charge is 0.347 e. The number of carbonyl (C=O) groups is 1. The number of benzene rings is 1. The van der Waals surface area contributed by atoms with E-state index >= 15 is 0 Å². The molecule has 5 heteroatoms. The van der Waals surface area contributed by atoms with Crippen molar-refractivity contribution in [2.45, 2.75) is 31.8 Å². The van der Waals surface area contributed by atoms with Gasteiger partial charge in [0.05, 0.1) is 15.3 Å². The smallest absolute Gasteiger partial charge is 0.261 e. The van der Waals surface area contributed by atoms with Gasteiger partial charge in [-0.25, -0.2) is 0 Å². The maximum absolute atomic E-state index is 12.8. The molecule has 2 unspecified atom stereocenters. The monoisotopic (exact) mass is 351 g/mol. The maximum atomic E-state index is 12.8. The van der Waals surface area contributed by atoms with Gasteiger partial charge in [-0.15, -0.1) is 11.3 Å². The van der Waals surface area contributed by atoms with Crippen LogP contribution < -0.4 is 5.32 Å². The molecule has 2 bridgehead atoms. The lowest BCUT2D eigenvalue weighted by Crippen LogP contribution is -2.62. The van der Waals surface area contributed by atoms with E-state index in [1.54, 1.807) is 6.07 Å². The maximum Gasteiger partial charge on any atom is 0.261 e. The number of piperidine rings is 3. The summed E-state index contributed by atoms with van der Waals surface area (Å²) in [7, 11) is 0. The number of thiophene rings is 1. The molecule has 1 aromatic heterocycles. The van der Waals surface area contributed by atoms with Gasteiger partial charge in [0.15, 0.2) is 0 Å². The van der Waals surface area contributed by atoms with Crippen LogP contribution in [-0.4, -0.2) is 36.0 Å². The molecule has 2 aromatic rings. The summed E-state index contributed by atoms with van der Waals surface area (Å²) in [6.45, 7) is 4.50. The third-order valence-electron chi connectivity index (χ3n) is 5.59. The molecular formula is C20H21N3OS. The van der Waals surface area contributed by atoms with Crippen LogP contribution >= 0.6 is 11.3 Å². The molecule has 128 valence electrons. The first-order valence-electron chi connectivity index (χ1n) is 8.81. The number of nitrogens with one attached hydrogen (secondary N) is 1. The number of hydrogen-bond acceptors (Lipinski definition) is 4. The van der Waals surface area contributed by atoms with Crippen LogP contribution in [0.1, 0.15) is 35.0 Å². The summed E-state index contributed by atoms with van der Waals surface area (Å²) >= 11 is 1.41. The van der Waals surface area contributed by atoms with Crippen LogP contribution in [0.3, 0.4) is 0 Å². The number of nitriles is 1. The van der Waals surface area contributed by atoms with Gasteiger partial charge < -0.3 is 5.32 Å². The summed E-state index contributed by atoms with van der Waals surface area (Å²) in [5.41, 5.74) is 1.56. The van der Waals surface area contributed by atoms with Crippen LogP contribution in [0.25, 0.3) is 10.4 Å². The summed E-state index contributed by atoms with van der Waals surface area (Å²) in [5.74, 6) is 0.530. The molecule has 0 spiro atoms. The van der Waals surface area contributed by atoms with Crippen molar-refractivity contribution >= 4 is 17.2 Å². The highest BCUT2D eigenvalue weighted by atomic mass is 32.1. The minimum absolute atomic E-state index is 0.0470. The van der Waals surface area contributed by atoms with E-state index in [1.165, 1.54) is 24.2 Å². The van der Waals surface area contributed by atoms with E-state index in [0.29, 0.717) is 22.4 Å². The van der Waals surface area contributed by atoms with Gasteiger partial charge in [0, 0.05) is 12.1 Å². The number of fused-ring (bicyclic) bond motifs is 3. The number of carbonyl (C=O) groups excluding carboxylic acids is 1. The highest BCUT2D eigenvalue weighted by Crippen LogP contribution is 2.34. The van der Waals surface area contributed by atoms with Crippen LogP contribution in [0.5, 0.6) is 0 Å². The Morgan fingerprint density at radius 1 is 1.28 bits per heavy atom. The molecule has 3 saturated heterocycles. The fourth-order valence-electron chi connectivity index (χ4n) is 4.16. The lowest BCUT2D eigenvalue weighted by atomic mass is 9.79. The first kappa shape index (κ1) is 16.3. The van der Waals surface area contributed by atoms with Crippen molar-refractivity contribution in [3.05, 3.63) is 46.8 Å². The summed E-state index contributed by atoms with van der Waals surface area (Å²) < 4.78 is 0. The summed E-state index contributed by atoms with van der Waals surface area (Å²) in [4.78, 5) is 16.8. The molecule has 4 nitrogen and oxygen atoms in total. The Morgan fingerprint density at radius 2 is 2.00 bits per heavy atom. The Hall–Kier alpha value is -2.16. The summed E-state index contributed by atoms with van der Waals surface area (Å²) in [5, 5.41) is 12.7. The molecule has 5 rings (SSSR count). The van der Waals surface area contributed by atoms with E-state index in [9.17, 15) is 10.1 Å². The normalized spacial score (nSPS) is 27.7. The molecule has 2 atom stereocenters. The lowest BCUT2D eigenvalue weighted by molar-refractivity contribution is 0.0218. The molecule has 0 radical (unpaired) electrons. The molecule has 1 amide bonds. The third-order valence-corrected chi connectivity index (χ3v) is 6.77. The number of amides is 1. The van der Waals surface area contributed by atoms with Gasteiger partial charge in [-0.3, -0.25) is 9.69 Å². The standard InChI is InChI=1S/C20H21N3OS/c1-13-18(14-7-9-23(13)10-8-14)22-20(24)17-11-16(12-21)19(25-17)15-5-3-2-4-6-15/h2-6,11,13-14,18H,7-10H2,1H3,(H,22,24). The second-order valence-electron chi connectivity index (χ2n) is 6.94. The van der Waals surface area contributed by atoms with E-state index in [0.717, 1.165) is 23.5 Å². The van der Waals surface area contributed by atoms with E-state index in [1.807, 2.05) is 30.3 Å². The fourth-order valence-corrected chi connectivity index (χ4v) is 5.17. The summed E-state index contributed by atoms with van der Waals surface area (Å²) in [6.07, 6.45) is 2.33. The predicted octanol–water partition coefficient (Wildman–Crippen LogP) is 3.50. The highest BCUT2D eigenvalue weighted by molar-refractivity contribution is 7.17. The van der Waals surface area contributed by atoms with E-state index in [4.69, 9.17) is 0 Å². The molecule has 1 aromatic carbocycles. The van der Waals surface area contributed by atoms with Gasteiger partial charge in [0.25, 0.3) is 5.91 Å². The van der Waals surface area contributed by atoms with E-state index in [-0.39, 0.29) is 11.9 Å². The molecule has 3 aliphatic rings. The number of hydrogen-bond donors (Lipinski definition) is 1. The first-order chi connectivity index (χ1) is 12.2. The average Bonchev–Trinajstić information content (AvgIpc) is 3.10. The molecule has 4 heterocycles. The van der Waals surface area contributed by atoms with Crippen molar-refractivity contribution in [2.75, 3.05) is 13.1 Å². The van der Waals surface area contributed by atoms with Crippen molar-refractivity contribution in [3.63, 3.8) is 0 Å². The van der Waals surface area contributed by atoms with Gasteiger partial charge in [-0.05, 0) is 50.4 Å². The lowest BCUT2D eigenvalue weighted by Gasteiger charge is -2.49.